The van der Waals surface area contributed by atoms with Crippen molar-refractivity contribution >= 4 is 17.5 Å². The lowest BCUT2D eigenvalue weighted by Gasteiger charge is -2.33. The van der Waals surface area contributed by atoms with Crippen LogP contribution in [0.4, 0.5) is 18.9 Å². The Bertz CT molecular complexity index is 929. The number of benzene rings is 1. The van der Waals surface area contributed by atoms with E-state index in [4.69, 9.17) is 6.57 Å². The van der Waals surface area contributed by atoms with Crippen LogP contribution < -0.4 is 10.1 Å². The molecule has 1 aliphatic carbocycles. The molecule has 0 unspecified atom stereocenters. The van der Waals surface area contributed by atoms with Crippen molar-refractivity contribution in [3.8, 4) is 11.8 Å². The average Bonchev–Trinajstić information content (AvgIpc) is 3.52. The summed E-state index contributed by atoms with van der Waals surface area (Å²) in [4.78, 5) is 29.7. The molecule has 1 aromatic rings. The van der Waals surface area contributed by atoms with E-state index in [2.05, 4.69) is 21.0 Å². The molecule has 0 spiro atoms. The maximum Gasteiger partial charge on any atom is 0.573 e. The largest absolute Gasteiger partial charge is 0.573 e. The van der Waals surface area contributed by atoms with E-state index in [9.17, 15) is 28.0 Å². The molecule has 30 heavy (non-hydrogen) atoms. The van der Waals surface area contributed by atoms with Gasteiger partial charge in [0.25, 0.3) is 0 Å². The van der Waals surface area contributed by atoms with Crippen LogP contribution in [0.3, 0.4) is 0 Å². The number of halogens is 3. The second-order valence-corrected chi connectivity index (χ2v) is 7.45. The second-order valence-electron chi connectivity index (χ2n) is 7.45. The Hall–Kier alpha value is -3.27. The minimum Gasteiger partial charge on any atom is -0.407 e. The fourth-order valence-corrected chi connectivity index (χ4v) is 3.48. The number of nitriles is 1. The molecule has 1 atom stereocenters. The van der Waals surface area contributed by atoms with Crippen molar-refractivity contribution in [3.05, 3.63) is 35.2 Å². The Kier molecular flexibility index (Phi) is 5.88. The molecule has 1 saturated heterocycles. The molecule has 2 amide bonds. The molecule has 2 aliphatic rings. The molecule has 0 bridgehead atoms. The van der Waals surface area contributed by atoms with Gasteiger partial charge in [-0.25, -0.2) is 4.85 Å². The molecule has 1 aromatic carbocycles. The Balaban J connectivity index is 1.63. The van der Waals surface area contributed by atoms with Crippen LogP contribution in [0.25, 0.3) is 4.85 Å². The van der Waals surface area contributed by atoms with Crippen molar-refractivity contribution in [2.45, 2.75) is 38.6 Å². The third-order valence-electron chi connectivity index (χ3n) is 5.31. The molecule has 1 N–H and O–H groups in total. The molecular formula is C20H19F3N4O3. The molecule has 1 aliphatic heterocycles. The molecular weight excluding hydrogens is 401 g/mol. The maximum absolute atomic E-state index is 12.6. The molecule has 1 heterocycles. The Morgan fingerprint density at radius 3 is 2.73 bits per heavy atom. The van der Waals surface area contributed by atoms with Crippen LogP contribution >= 0.6 is 0 Å². The van der Waals surface area contributed by atoms with Crippen molar-refractivity contribution in [1.29, 1.82) is 5.26 Å². The quantitative estimate of drug-likeness (QED) is 0.741. The van der Waals surface area contributed by atoms with Crippen molar-refractivity contribution in [1.82, 2.24) is 10.2 Å². The van der Waals surface area contributed by atoms with Gasteiger partial charge in [-0.2, -0.15) is 5.26 Å². The fourth-order valence-electron chi connectivity index (χ4n) is 3.48. The van der Waals surface area contributed by atoms with Gasteiger partial charge >= 0.3 is 6.36 Å². The van der Waals surface area contributed by atoms with Crippen molar-refractivity contribution in [2.24, 2.45) is 11.3 Å². The number of nitrogens with one attached hydrogen (secondary N) is 1. The Morgan fingerprint density at radius 1 is 1.40 bits per heavy atom. The first-order valence-corrected chi connectivity index (χ1v) is 9.42. The molecule has 0 aromatic heterocycles. The number of ether oxygens (including phenoxy) is 1. The van der Waals surface area contributed by atoms with E-state index in [-0.39, 0.29) is 36.2 Å². The zero-order chi connectivity index (χ0) is 21.9. The number of carbonyl (C=O) groups excluding carboxylic acids is 2. The number of hydrogen-bond acceptors (Lipinski definition) is 4. The van der Waals surface area contributed by atoms with E-state index in [1.165, 1.54) is 17.0 Å². The summed E-state index contributed by atoms with van der Waals surface area (Å²) in [7, 11) is 0. The first-order chi connectivity index (χ1) is 14.2. The topological polar surface area (TPSA) is 86.8 Å². The standard InChI is InChI=1S/C20H19F3N4O3/c1-25-15-5-4-13(16(9-15)30-20(21,22)23)10-26-17(28)14-3-2-8-27(11-14)18(29)19(12-24)6-7-19/h4-5,9,14H,2-3,6-8,10-11H2,(H,26,28)/t14-/m1/s1. The SMILES string of the molecule is [C-]#[N+]c1ccc(CNC(=O)[C@@H]2CCCN(C(=O)C3(C#N)CC3)C2)c(OC(F)(F)F)c1. The van der Waals surface area contributed by atoms with Crippen LogP contribution in [-0.2, 0) is 16.1 Å². The van der Waals surface area contributed by atoms with Gasteiger partial charge in [-0.15, -0.1) is 13.2 Å². The minimum atomic E-state index is -4.93. The highest BCUT2D eigenvalue weighted by atomic mass is 19.4. The van der Waals surface area contributed by atoms with Crippen LogP contribution in [0, 0.1) is 29.2 Å². The summed E-state index contributed by atoms with van der Waals surface area (Å²) in [6.07, 6.45) is -2.73. The van der Waals surface area contributed by atoms with Crippen LogP contribution in [0.5, 0.6) is 5.75 Å². The first kappa shape index (κ1) is 21.4. The summed E-state index contributed by atoms with van der Waals surface area (Å²) in [5.41, 5.74) is -0.886. The monoisotopic (exact) mass is 420 g/mol. The van der Waals surface area contributed by atoms with Gasteiger partial charge in [-0.3, -0.25) is 9.59 Å². The van der Waals surface area contributed by atoms with Gasteiger partial charge in [0.15, 0.2) is 5.69 Å². The van der Waals surface area contributed by atoms with E-state index in [1.54, 1.807) is 0 Å². The molecule has 1 saturated carbocycles. The van der Waals surface area contributed by atoms with Crippen molar-refractivity contribution in [2.75, 3.05) is 13.1 Å². The third-order valence-corrected chi connectivity index (χ3v) is 5.31. The fraction of sp³-hybridized carbons (Fsp3) is 0.500. The number of carbonyl (C=O) groups is 2. The van der Waals surface area contributed by atoms with E-state index >= 15 is 0 Å². The third kappa shape index (κ3) is 4.82. The number of nitrogens with zero attached hydrogens (tertiary/aromatic N) is 3. The van der Waals surface area contributed by atoms with E-state index in [1.807, 2.05) is 0 Å². The highest BCUT2D eigenvalue weighted by Crippen LogP contribution is 2.47. The minimum absolute atomic E-state index is 0.0164. The Morgan fingerprint density at radius 2 is 2.13 bits per heavy atom. The van der Waals surface area contributed by atoms with E-state index < -0.39 is 23.4 Å². The predicted molar refractivity (Wildman–Crippen MR) is 97.8 cm³/mol. The smallest absolute Gasteiger partial charge is 0.407 e. The summed E-state index contributed by atoms with van der Waals surface area (Å²) in [5.74, 6) is -1.69. The lowest BCUT2D eigenvalue weighted by atomic mass is 9.95. The van der Waals surface area contributed by atoms with Crippen LogP contribution in [0.1, 0.15) is 31.2 Å². The van der Waals surface area contributed by atoms with Crippen LogP contribution in [0.15, 0.2) is 18.2 Å². The average molecular weight is 420 g/mol. The second kappa shape index (κ2) is 8.23. The van der Waals surface area contributed by atoms with Gasteiger partial charge in [0.2, 0.25) is 11.8 Å². The Labute approximate surface area is 171 Å². The zero-order valence-electron chi connectivity index (χ0n) is 16.0. The van der Waals surface area contributed by atoms with Crippen LogP contribution in [-0.4, -0.2) is 36.2 Å². The number of amides is 2. The predicted octanol–water partition coefficient (Wildman–Crippen LogP) is 3.29. The van der Waals surface area contributed by atoms with Gasteiger partial charge in [0.05, 0.1) is 18.6 Å². The van der Waals surface area contributed by atoms with Crippen molar-refractivity contribution in [3.63, 3.8) is 0 Å². The summed E-state index contributed by atoms with van der Waals surface area (Å²) in [6, 6.07) is 5.67. The molecule has 10 heteroatoms. The maximum atomic E-state index is 12.6. The number of hydrogen-bond donors (Lipinski definition) is 1. The van der Waals surface area contributed by atoms with E-state index in [0.29, 0.717) is 32.2 Å². The number of alkyl halides is 3. The molecule has 7 nitrogen and oxygen atoms in total. The highest BCUT2D eigenvalue weighted by Gasteiger charge is 2.53. The molecule has 158 valence electrons. The van der Waals surface area contributed by atoms with Crippen molar-refractivity contribution < 1.29 is 27.5 Å². The van der Waals surface area contributed by atoms with Gasteiger partial charge < -0.3 is 15.0 Å². The summed E-state index contributed by atoms with van der Waals surface area (Å²) in [6.45, 7) is 7.37. The van der Waals surface area contributed by atoms with Crippen LogP contribution in [0.2, 0.25) is 0 Å². The molecule has 0 radical (unpaired) electrons. The lowest BCUT2D eigenvalue weighted by Crippen LogP contribution is -2.47. The van der Waals surface area contributed by atoms with Gasteiger partial charge in [0.1, 0.15) is 11.2 Å². The highest BCUT2D eigenvalue weighted by molar-refractivity contribution is 5.89. The number of piperidine rings is 1. The summed E-state index contributed by atoms with van der Waals surface area (Å²) < 4.78 is 41.9. The lowest BCUT2D eigenvalue weighted by molar-refractivity contribution is -0.274. The summed E-state index contributed by atoms with van der Waals surface area (Å²) in [5, 5.41) is 11.8. The van der Waals surface area contributed by atoms with Gasteiger partial charge in [0, 0.05) is 25.2 Å². The van der Waals surface area contributed by atoms with E-state index in [0.717, 1.165) is 6.07 Å². The number of likely N-dealkylation sites (tertiary alicyclic amines) is 1. The zero-order valence-corrected chi connectivity index (χ0v) is 16.0. The van der Waals surface area contributed by atoms with Gasteiger partial charge in [-0.1, -0.05) is 12.1 Å². The molecule has 3 rings (SSSR count). The number of rotatable bonds is 5. The summed E-state index contributed by atoms with van der Waals surface area (Å²) >= 11 is 0. The van der Waals surface area contributed by atoms with Gasteiger partial charge in [-0.05, 0) is 31.7 Å². The normalized spacial score (nSPS) is 19.9. The first-order valence-electron chi connectivity index (χ1n) is 9.42. The molecule has 2 fully saturated rings.